The van der Waals surface area contributed by atoms with Crippen LogP contribution in [-0.4, -0.2) is 35.0 Å². The molecule has 0 rings (SSSR count). The van der Waals surface area contributed by atoms with Gasteiger partial charge < -0.3 is 10.0 Å². The van der Waals surface area contributed by atoms with E-state index in [2.05, 4.69) is 0 Å². The van der Waals surface area contributed by atoms with Crippen LogP contribution < -0.4 is 0 Å². The van der Waals surface area contributed by atoms with E-state index in [9.17, 15) is 9.59 Å². The first kappa shape index (κ1) is 10.7. The number of likely N-dealkylation sites (N-methyl/N-ethyl adjacent to an activating group) is 1. The van der Waals surface area contributed by atoms with Crippen LogP contribution in [0.2, 0.25) is 0 Å². The Bertz CT molecular complexity index is 194. The van der Waals surface area contributed by atoms with E-state index in [-0.39, 0.29) is 5.91 Å². The van der Waals surface area contributed by atoms with Gasteiger partial charge in [-0.05, 0) is 13.8 Å². The molecule has 0 saturated heterocycles. The van der Waals surface area contributed by atoms with Crippen molar-refractivity contribution in [2.24, 2.45) is 0 Å². The standard InChI is InChI=1S/C8H13NO3/c1-3-9(4-2)7(10)5-6-8(11)12/h5-6H,3-4H2,1-2H3,(H,11,12). The van der Waals surface area contributed by atoms with Gasteiger partial charge in [-0.25, -0.2) is 4.79 Å². The Hall–Kier alpha value is -1.32. The molecule has 0 aromatic carbocycles. The molecular formula is C8H13NO3. The van der Waals surface area contributed by atoms with Crippen molar-refractivity contribution in [3.05, 3.63) is 12.2 Å². The Balaban J connectivity index is 4.10. The SMILES string of the molecule is CCN(CC)C(=O)C=CC(=O)O. The highest BCUT2D eigenvalue weighted by Gasteiger charge is 2.04. The molecule has 12 heavy (non-hydrogen) atoms. The zero-order valence-electron chi connectivity index (χ0n) is 7.28. The van der Waals surface area contributed by atoms with Crippen LogP contribution in [0.25, 0.3) is 0 Å². The molecule has 0 unspecified atom stereocenters. The van der Waals surface area contributed by atoms with Crippen molar-refractivity contribution in [3.63, 3.8) is 0 Å². The average Bonchev–Trinajstić information content (AvgIpc) is 2.03. The highest BCUT2D eigenvalue weighted by molar-refractivity contribution is 5.93. The summed E-state index contributed by atoms with van der Waals surface area (Å²) in [5, 5.41) is 8.23. The first-order valence-electron chi connectivity index (χ1n) is 3.81. The summed E-state index contributed by atoms with van der Waals surface area (Å²) in [7, 11) is 0. The second-order valence-electron chi connectivity index (χ2n) is 2.18. The van der Waals surface area contributed by atoms with Crippen molar-refractivity contribution in [3.8, 4) is 0 Å². The van der Waals surface area contributed by atoms with E-state index < -0.39 is 5.97 Å². The van der Waals surface area contributed by atoms with Crippen LogP contribution in [-0.2, 0) is 9.59 Å². The third-order valence-corrected chi connectivity index (χ3v) is 1.44. The molecule has 0 aliphatic carbocycles. The van der Waals surface area contributed by atoms with Crippen LogP contribution in [0, 0.1) is 0 Å². The summed E-state index contributed by atoms with van der Waals surface area (Å²) in [5.74, 6) is -1.36. The summed E-state index contributed by atoms with van der Waals surface area (Å²) in [5.41, 5.74) is 0. The van der Waals surface area contributed by atoms with Crippen molar-refractivity contribution >= 4 is 11.9 Å². The van der Waals surface area contributed by atoms with Crippen molar-refractivity contribution in [1.82, 2.24) is 4.90 Å². The Morgan fingerprint density at radius 1 is 1.25 bits per heavy atom. The van der Waals surface area contributed by atoms with Gasteiger partial charge in [-0.3, -0.25) is 4.79 Å². The van der Waals surface area contributed by atoms with Crippen LogP contribution in [0.4, 0.5) is 0 Å². The summed E-state index contributed by atoms with van der Waals surface area (Å²) in [6, 6.07) is 0. The average molecular weight is 171 g/mol. The van der Waals surface area contributed by atoms with Crippen molar-refractivity contribution in [2.45, 2.75) is 13.8 Å². The molecule has 0 spiro atoms. The van der Waals surface area contributed by atoms with Gasteiger partial charge in [0.2, 0.25) is 5.91 Å². The van der Waals surface area contributed by atoms with Gasteiger partial charge >= 0.3 is 5.97 Å². The van der Waals surface area contributed by atoms with Crippen LogP contribution in [0.1, 0.15) is 13.8 Å². The fourth-order valence-electron chi connectivity index (χ4n) is 0.783. The van der Waals surface area contributed by atoms with Crippen molar-refractivity contribution in [2.75, 3.05) is 13.1 Å². The fourth-order valence-corrected chi connectivity index (χ4v) is 0.783. The lowest BCUT2D eigenvalue weighted by Gasteiger charge is -2.15. The molecule has 0 atom stereocenters. The summed E-state index contributed by atoms with van der Waals surface area (Å²) in [6.07, 6.45) is 1.91. The van der Waals surface area contributed by atoms with E-state index in [0.717, 1.165) is 12.2 Å². The summed E-state index contributed by atoms with van der Waals surface area (Å²) in [6.45, 7) is 4.88. The van der Waals surface area contributed by atoms with Crippen LogP contribution in [0.3, 0.4) is 0 Å². The first-order valence-corrected chi connectivity index (χ1v) is 3.81. The van der Waals surface area contributed by atoms with Gasteiger partial charge in [-0.2, -0.15) is 0 Å². The molecule has 1 amide bonds. The monoisotopic (exact) mass is 171 g/mol. The van der Waals surface area contributed by atoms with Gasteiger partial charge in [-0.1, -0.05) is 0 Å². The van der Waals surface area contributed by atoms with Crippen LogP contribution in [0.15, 0.2) is 12.2 Å². The Morgan fingerprint density at radius 3 is 2.08 bits per heavy atom. The molecule has 0 aromatic rings. The van der Waals surface area contributed by atoms with E-state index in [1.54, 1.807) is 4.90 Å². The minimum atomic E-state index is -1.10. The number of carbonyl (C=O) groups is 2. The molecule has 0 aliphatic rings. The second-order valence-corrected chi connectivity index (χ2v) is 2.18. The number of rotatable bonds is 4. The van der Waals surface area contributed by atoms with E-state index in [1.165, 1.54) is 0 Å². The normalized spacial score (nSPS) is 10.2. The number of aliphatic carboxylic acids is 1. The minimum Gasteiger partial charge on any atom is -0.478 e. The maximum Gasteiger partial charge on any atom is 0.328 e. The summed E-state index contributed by atoms with van der Waals surface area (Å²) in [4.78, 5) is 22.7. The number of carboxylic acids is 1. The zero-order valence-corrected chi connectivity index (χ0v) is 7.28. The molecule has 0 radical (unpaired) electrons. The zero-order chi connectivity index (χ0) is 9.56. The number of nitrogens with zero attached hydrogens (tertiary/aromatic N) is 1. The topological polar surface area (TPSA) is 57.6 Å². The Labute approximate surface area is 71.5 Å². The van der Waals surface area contributed by atoms with E-state index in [4.69, 9.17) is 5.11 Å². The summed E-state index contributed by atoms with van der Waals surface area (Å²) < 4.78 is 0. The number of hydrogen-bond donors (Lipinski definition) is 1. The molecule has 0 bridgehead atoms. The maximum absolute atomic E-state index is 11.1. The number of carboxylic acid groups (broad SMARTS) is 1. The number of hydrogen-bond acceptors (Lipinski definition) is 2. The Kier molecular flexibility index (Phi) is 4.76. The summed E-state index contributed by atoms with van der Waals surface area (Å²) >= 11 is 0. The molecule has 0 fully saturated rings. The quantitative estimate of drug-likeness (QED) is 0.626. The van der Waals surface area contributed by atoms with Gasteiger partial charge in [0.25, 0.3) is 0 Å². The van der Waals surface area contributed by atoms with Crippen LogP contribution in [0.5, 0.6) is 0 Å². The van der Waals surface area contributed by atoms with Crippen molar-refractivity contribution < 1.29 is 14.7 Å². The molecule has 68 valence electrons. The van der Waals surface area contributed by atoms with Gasteiger partial charge in [-0.15, -0.1) is 0 Å². The van der Waals surface area contributed by atoms with Crippen LogP contribution >= 0.6 is 0 Å². The van der Waals surface area contributed by atoms with E-state index in [1.807, 2.05) is 13.8 Å². The number of amides is 1. The molecule has 0 saturated carbocycles. The van der Waals surface area contributed by atoms with Gasteiger partial charge in [0.1, 0.15) is 0 Å². The predicted octanol–water partition coefficient (Wildman–Crippen LogP) is 0.496. The van der Waals surface area contributed by atoms with E-state index >= 15 is 0 Å². The Morgan fingerprint density at radius 2 is 1.75 bits per heavy atom. The van der Waals surface area contributed by atoms with Gasteiger partial charge in [0.15, 0.2) is 0 Å². The highest BCUT2D eigenvalue weighted by atomic mass is 16.4. The lowest BCUT2D eigenvalue weighted by atomic mass is 10.4. The van der Waals surface area contributed by atoms with Crippen molar-refractivity contribution in [1.29, 1.82) is 0 Å². The maximum atomic E-state index is 11.1. The molecule has 0 heterocycles. The minimum absolute atomic E-state index is 0.262. The molecule has 4 heteroatoms. The second kappa shape index (κ2) is 5.35. The fraction of sp³-hybridized carbons (Fsp3) is 0.500. The first-order chi connectivity index (χ1) is 5.61. The molecule has 0 aromatic heterocycles. The number of carbonyl (C=O) groups excluding carboxylic acids is 1. The molecule has 4 nitrogen and oxygen atoms in total. The molecule has 1 N–H and O–H groups in total. The highest BCUT2D eigenvalue weighted by Crippen LogP contribution is 1.89. The lowest BCUT2D eigenvalue weighted by Crippen LogP contribution is -2.28. The van der Waals surface area contributed by atoms with Gasteiger partial charge in [0, 0.05) is 25.2 Å². The lowest BCUT2D eigenvalue weighted by molar-refractivity contribution is -0.132. The van der Waals surface area contributed by atoms with Gasteiger partial charge in [0.05, 0.1) is 0 Å². The molecular weight excluding hydrogens is 158 g/mol. The predicted molar refractivity (Wildman–Crippen MR) is 44.7 cm³/mol. The third-order valence-electron chi connectivity index (χ3n) is 1.44. The largest absolute Gasteiger partial charge is 0.478 e. The smallest absolute Gasteiger partial charge is 0.328 e. The third kappa shape index (κ3) is 3.75. The van der Waals surface area contributed by atoms with E-state index in [0.29, 0.717) is 13.1 Å². The molecule has 0 aliphatic heterocycles.